The van der Waals surface area contributed by atoms with Gasteiger partial charge in [0, 0.05) is 23.9 Å². The second kappa shape index (κ2) is 10.3. The molecule has 3 aromatic rings. The van der Waals surface area contributed by atoms with E-state index < -0.39 is 11.6 Å². The molecule has 0 N–H and O–H groups in total. The highest BCUT2D eigenvalue weighted by molar-refractivity contribution is 5.69. The van der Waals surface area contributed by atoms with Gasteiger partial charge in [0.05, 0.1) is 18.3 Å². The molecule has 3 nitrogen and oxygen atoms in total. The van der Waals surface area contributed by atoms with Gasteiger partial charge in [-0.1, -0.05) is 57.0 Å². The first-order valence-corrected chi connectivity index (χ1v) is 11.6. The van der Waals surface area contributed by atoms with E-state index in [1.54, 1.807) is 24.5 Å². The van der Waals surface area contributed by atoms with E-state index in [1.807, 2.05) is 24.3 Å². The van der Waals surface area contributed by atoms with E-state index >= 15 is 0 Å². The number of aromatic nitrogens is 2. The lowest BCUT2D eigenvalue weighted by atomic mass is 9.89. The van der Waals surface area contributed by atoms with E-state index in [9.17, 15) is 8.78 Å². The minimum Gasteiger partial charge on any atom is -0.378 e. The summed E-state index contributed by atoms with van der Waals surface area (Å²) in [6.45, 7) is 4.97. The van der Waals surface area contributed by atoms with Crippen molar-refractivity contribution in [2.75, 3.05) is 6.61 Å². The average Bonchev–Trinajstić information content (AvgIpc) is 2.83. The summed E-state index contributed by atoms with van der Waals surface area (Å²) in [5, 5.41) is 0. The molecule has 2 unspecified atom stereocenters. The van der Waals surface area contributed by atoms with Crippen molar-refractivity contribution >= 4 is 0 Å². The van der Waals surface area contributed by atoms with Gasteiger partial charge in [-0.3, -0.25) is 0 Å². The second-order valence-electron chi connectivity index (χ2n) is 8.59. The molecule has 1 fully saturated rings. The van der Waals surface area contributed by atoms with Crippen LogP contribution in [0.2, 0.25) is 0 Å². The number of rotatable bonds is 7. The SMILES string of the molecule is CCCc1cnc(-c2ccc(-c3ccc(C4CCC(CCC)OC4)cc3)c(F)c2F)nc1. The van der Waals surface area contributed by atoms with E-state index in [1.165, 1.54) is 5.56 Å². The van der Waals surface area contributed by atoms with Gasteiger partial charge in [-0.25, -0.2) is 18.7 Å². The van der Waals surface area contributed by atoms with Crippen molar-refractivity contribution in [2.45, 2.75) is 64.4 Å². The summed E-state index contributed by atoms with van der Waals surface area (Å²) in [5.74, 6) is -1.24. The van der Waals surface area contributed by atoms with Gasteiger partial charge in [0.15, 0.2) is 17.5 Å². The highest BCUT2D eigenvalue weighted by Crippen LogP contribution is 2.33. The minimum atomic E-state index is -0.919. The largest absolute Gasteiger partial charge is 0.378 e. The topological polar surface area (TPSA) is 35.0 Å². The summed E-state index contributed by atoms with van der Waals surface area (Å²) >= 11 is 0. The summed E-state index contributed by atoms with van der Waals surface area (Å²) in [6.07, 6.45) is 9.98. The van der Waals surface area contributed by atoms with Crippen LogP contribution in [0.1, 0.15) is 63.0 Å². The van der Waals surface area contributed by atoms with Gasteiger partial charge < -0.3 is 4.74 Å². The molecule has 1 aliphatic heterocycles. The van der Waals surface area contributed by atoms with E-state index in [0.717, 1.165) is 50.7 Å². The van der Waals surface area contributed by atoms with Crippen LogP contribution in [-0.2, 0) is 11.2 Å². The molecule has 1 aromatic heterocycles. The zero-order valence-electron chi connectivity index (χ0n) is 18.8. The summed E-state index contributed by atoms with van der Waals surface area (Å²) in [6, 6.07) is 10.9. The van der Waals surface area contributed by atoms with Gasteiger partial charge in [0.25, 0.3) is 0 Å². The lowest BCUT2D eigenvalue weighted by Gasteiger charge is -2.29. The maximum Gasteiger partial charge on any atom is 0.170 e. The minimum absolute atomic E-state index is 0.0758. The molecule has 0 bridgehead atoms. The Morgan fingerprint density at radius 1 is 0.875 bits per heavy atom. The molecule has 2 atom stereocenters. The van der Waals surface area contributed by atoms with E-state index in [-0.39, 0.29) is 17.0 Å². The second-order valence-corrected chi connectivity index (χ2v) is 8.59. The van der Waals surface area contributed by atoms with Crippen LogP contribution in [0.25, 0.3) is 22.5 Å². The van der Waals surface area contributed by atoms with Gasteiger partial charge in [0.1, 0.15) is 0 Å². The first kappa shape index (κ1) is 22.5. The highest BCUT2D eigenvalue weighted by Gasteiger charge is 2.23. The monoisotopic (exact) mass is 436 g/mol. The van der Waals surface area contributed by atoms with Gasteiger partial charge in [-0.15, -0.1) is 0 Å². The first-order chi connectivity index (χ1) is 15.6. The lowest BCUT2D eigenvalue weighted by Crippen LogP contribution is -2.24. The van der Waals surface area contributed by atoms with Crippen molar-refractivity contribution in [3.8, 4) is 22.5 Å². The molecular weight excluding hydrogens is 406 g/mol. The normalized spacial score (nSPS) is 18.6. The Bertz CT molecular complexity index is 1030. The average molecular weight is 437 g/mol. The Hall–Kier alpha value is -2.66. The van der Waals surface area contributed by atoms with E-state index in [0.29, 0.717) is 17.6 Å². The summed E-state index contributed by atoms with van der Waals surface area (Å²) in [5.41, 5.74) is 3.13. The Labute approximate surface area is 188 Å². The predicted octanol–water partition coefficient (Wildman–Crippen LogP) is 7.10. The lowest BCUT2D eigenvalue weighted by molar-refractivity contribution is -0.00111. The van der Waals surface area contributed by atoms with Crippen LogP contribution in [0.3, 0.4) is 0 Å². The zero-order valence-corrected chi connectivity index (χ0v) is 18.8. The smallest absolute Gasteiger partial charge is 0.170 e. The Kier molecular flexibility index (Phi) is 7.26. The fraction of sp³-hybridized carbons (Fsp3) is 0.407. The van der Waals surface area contributed by atoms with E-state index in [4.69, 9.17) is 4.74 Å². The van der Waals surface area contributed by atoms with Gasteiger partial charge in [-0.2, -0.15) is 0 Å². The maximum atomic E-state index is 15.0. The molecule has 32 heavy (non-hydrogen) atoms. The third kappa shape index (κ3) is 4.88. The quantitative estimate of drug-likeness (QED) is 0.396. The third-order valence-electron chi connectivity index (χ3n) is 6.24. The molecule has 0 spiro atoms. The molecule has 0 saturated carbocycles. The molecule has 0 amide bonds. The number of hydrogen-bond donors (Lipinski definition) is 0. The molecule has 1 saturated heterocycles. The third-order valence-corrected chi connectivity index (χ3v) is 6.24. The molecule has 5 heteroatoms. The summed E-state index contributed by atoms with van der Waals surface area (Å²) < 4.78 is 35.8. The first-order valence-electron chi connectivity index (χ1n) is 11.6. The van der Waals surface area contributed by atoms with Crippen molar-refractivity contribution in [3.63, 3.8) is 0 Å². The van der Waals surface area contributed by atoms with Gasteiger partial charge >= 0.3 is 0 Å². The van der Waals surface area contributed by atoms with Crippen LogP contribution in [0.4, 0.5) is 8.78 Å². The van der Waals surface area contributed by atoms with Crippen molar-refractivity contribution in [1.82, 2.24) is 9.97 Å². The van der Waals surface area contributed by atoms with Crippen LogP contribution in [0, 0.1) is 11.6 Å². The van der Waals surface area contributed by atoms with E-state index in [2.05, 4.69) is 23.8 Å². The number of nitrogens with zero attached hydrogens (tertiary/aromatic N) is 2. The van der Waals surface area contributed by atoms with Crippen LogP contribution in [0.15, 0.2) is 48.8 Å². The van der Waals surface area contributed by atoms with Gasteiger partial charge in [0.2, 0.25) is 0 Å². The molecule has 1 aliphatic rings. The maximum absolute atomic E-state index is 15.0. The van der Waals surface area contributed by atoms with Crippen molar-refractivity contribution in [2.24, 2.45) is 0 Å². The van der Waals surface area contributed by atoms with Crippen LogP contribution >= 0.6 is 0 Å². The Morgan fingerprint density at radius 2 is 1.56 bits per heavy atom. The molecule has 0 aliphatic carbocycles. The van der Waals surface area contributed by atoms with Crippen LogP contribution in [0.5, 0.6) is 0 Å². The number of aryl methyl sites for hydroxylation is 1. The Morgan fingerprint density at radius 3 is 2.19 bits per heavy atom. The number of ether oxygens (including phenoxy) is 1. The molecule has 4 rings (SSSR count). The van der Waals surface area contributed by atoms with Crippen LogP contribution in [-0.4, -0.2) is 22.7 Å². The highest BCUT2D eigenvalue weighted by atomic mass is 19.2. The fourth-order valence-corrected chi connectivity index (χ4v) is 4.41. The predicted molar refractivity (Wildman–Crippen MR) is 123 cm³/mol. The van der Waals surface area contributed by atoms with Gasteiger partial charge in [-0.05, 0) is 48.4 Å². The molecular formula is C27H30F2N2O. The molecule has 0 radical (unpaired) electrons. The Balaban J connectivity index is 1.51. The molecule has 2 aromatic carbocycles. The number of benzene rings is 2. The summed E-state index contributed by atoms with van der Waals surface area (Å²) in [4.78, 5) is 8.44. The molecule has 168 valence electrons. The van der Waals surface area contributed by atoms with Crippen molar-refractivity contribution < 1.29 is 13.5 Å². The fourth-order valence-electron chi connectivity index (χ4n) is 4.41. The van der Waals surface area contributed by atoms with Crippen LogP contribution < -0.4 is 0 Å². The van der Waals surface area contributed by atoms with Crippen molar-refractivity contribution in [1.29, 1.82) is 0 Å². The number of hydrogen-bond acceptors (Lipinski definition) is 3. The zero-order chi connectivity index (χ0) is 22.5. The van der Waals surface area contributed by atoms with Crippen molar-refractivity contribution in [3.05, 3.63) is 71.6 Å². The standard InChI is InChI=1S/C27H30F2N2O/c1-3-5-18-15-30-27(31-16-18)24-14-13-23(25(28)26(24)29)20-9-7-19(8-10-20)21-11-12-22(6-4-2)32-17-21/h7-10,13-16,21-22H,3-6,11-12,17H2,1-2H3. The summed E-state index contributed by atoms with van der Waals surface area (Å²) in [7, 11) is 0. The molecule has 2 heterocycles. The number of halogens is 2.